The molecule has 0 aromatic heterocycles. The standard InChI is InChI=1S/C20H21Cl2NO4/c1-4-26-19(25)17-16(14-10(21)6-5-7-11(14)22)15-12(24)8-20(2,3)9-13(15)27-18(17)23/h5-7,16H,4,8-9,23H2,1-3H3/t16-/m0/s1. The molecular formula is C20H21Cl2NO4. The van der Waals surface area contributed by atoms with Gasteiger partial charge in [0.05, 0.1) is 12.5 Å². The second-order valence-corrected chi connectivity index (χ2v) is 8.26. The first-order valence-electron chi connectivity index (χ1n) is 8.71. The highest BCUT2D eigenvalue weighted by molar-refractivity contribution is 6.36. The number of hydrogen-bond acceptors (Lipinski definition) is 5. The Labute approximate surface area is 168 Å². The zero-order valence-electron chi connectivity index (χ0n) is 15.4. The van der Waals surface area contributed by atoms with Gasteiger partial charge in [0.2, 0.25) is 5.88 Å². The van der Waals surface area contributed by atoms with Crippen molar-refractivity contribution in [1.82, 2.24) is 0 Å². The first kappa shape index (κ1) is 19.8. The van der Waals surface area contributed by atoms with Crippen molar-refractivity contribution in [2.45, 2.75) is 39.5 Å². The number of halogens is 2. The van der Waals surface area contributed by atoms with Crippen LogP contribution in [-0.4, -0.2) is 18.4 Å². The van der Waals surface area contributed by atoms with E-state index >= 15 is 0 Å². The average molecular weight is 410 g/mol. The van der Waals surface area contributed by atoms with E-state index in [9.17, 15) is 9.59 Å². The molecule has 0 spiro atoms. The molecular weight excluding hydrogens is 389 g/mol. The number of carbonyl (C=O) groups is 2. The molecule has 144 valence electrons. The predicted molar refractivity (Wildman–Crippen MR) is 103 cm³/mol. The number of benzene rings is 1. The van der Waals surface area contributed by atoms with Crippen molar-refractivity contribution in [2.75, 3.05) is 6.61 Å². The lowest BCUT2D eigenvalue weighted by Gasteiger charge is -2.38. The van der Waals surface area contributed by atoms with Gasteiger partial charge in [0.15, 0.2) is 5.78 Å². The van der Waals surface area contributed by atoms with Gasteiger partial charge in [-0.25, -0.2) is 4.79 Å². The molecule has 5 nitrogen and oxygen atoms in total. The van der Waals surface area contributed by atoms with Gasteiger partial charge in [-0.3, -0.25) is 4.79 Å². The molecule has 27 heavy (non-hydrogen) atoms. The Balaban J connectivity index is 2.26. The summed E-state index contributed by atoms with van der Waals surface area (Å²) < 4.78 is 10.9. The molecule has 2 aliphatic rings. The third-order valence-electron chi connectivity index (χ3n) is 4.74. The highest BCUT2D eigenvalue weighted by Crippen LogP contribution is 2.50. The fourth-order valence-corrected chi connectivity index (χ4v) is 4.28. The summed E-state index contributed by atoms with van der Waals surface area (Å²) in [4.78, 5) is 25.7. The summed E-state index contributed by atoms with van der Waals surface area (Å²) in [5.41, 5.74) is 6.72. The molecule has 1 aliphatic carbocycles. The molecule has 0 amide bonds. The maximum Gasteiger partial charge on any atom is 0.340 e. The summed E-state index contributed by atoms with van der Waals surface area (Å²) in [5, 5.41) is 0.682. The molecule has 7 heteroatoms. The highest BCUT2D eigenvalue weighted by atomic mass is 35.5. The van der Waals surface area contributed by atoms with Gasteiger partial charge in [0, 0.05) is 34.0 Å². The van der Waals surface area contributed by atoms with Crippen LogP contribution < -0.4 is 5.73 Å². The minimum Gasteiger partial charge on any atom is -0.462 e. The van der Waals surface area contributed by atoms with Gasteiger partial charge in [-0.05, 0) is 24.5 Å². The van der Waals surface area contributed by atoms with Crippen molar-refractivity contribution in [2.24, 2.45) is 11.1 Å². The number of rotatable bonds is 3. The van der Waals surface area contributed by atoms with Crippen LogP contribution in [0.3, 0.4) is 0 Å². The zero-order chi connectivity index (χ0) is 19.9. The SMILES string of the molecule is CCOC(=O)C1=C(N)OC2=C(C(=O)CC(C)(C)C2)[C@@H]1c1c(Cl)cccc1Cl. The van der Waals surface area contributed by atoms with Crippen molar-refractivity contribution in [3.8, 4) is 0 Å². The van der Waals surface area contributed by atoms with E-state index in [4.69, 9.17) is 38.4 Å². The molecule has 0 saturated heterocycles. The molecule has 2 N–H and O–H groups in total. The molecule has 0 saturated carbocycles. The predicted octanol–water partition coefficient (Wildman–Crippen LogP) is 4.48. The molecule has 0 unspecified atom stereocenters. The van der Waals surface area contributed by atoms with E-state index in [1.54, 1.807) is 25.1 Å². The maximum atomic E-state index is 13.0. The van der Waals surface area contributed by atoms with E-state index in [1.165, 1.54) is 0 Å². The van der Waals surface area contributed by atoms with Crippen LogP contribution in [0.15, 0.2) is 41.0 Å². The minimum absolute atomic E-state index is 0.0543. The number of hydrogen-bond donors (Lipinski definition) is 1. The molecule has 3 rings (SSSR count). The third kappa shape index (κ3) is 3.58. The lowest BCUT2D eigenvalue weighted by Crippen LogP contribution is -2.36. The smallest absolute Gasteiger partial charge is 0.340 e. The minimum atomic E-state index is -0.822. The summed E-state index contributed by atoms with van der Waals surface area (Å²) in [6, 6.07) is 5.02. The Hall–Kier alpha value is -1.98. The topological polar surface area (TPSA) is 78.6 Å². The van der Waals surface area contributed by atoms with E-state index < -0.39 is 11.9 Å². The van der Waals surface area contributed by atoms with Crippen molar-refractivity contribution >= 4 is 35.0 Å². The van der Waals surface area contributed by atoms with Crippen LogP contribution in [0.5, 0.6) is 0 Å². The molecule has 0 bridgehead atoms. The second-order valence-electron chi connectivity index (χ2n) is 7.45. The lowest BCUT2D eigenvalue weighted by molar-refractivity contribution is -0.139. The number of ketones is 1. The summed E-state index contributed by atoms with van der Waals surface area (Å²) in [6.45, 7) is 5.81. The van der Waals surface area contributed by atoms with Crippen LogP contribution in [0.2, 0.25) is 10.0 Å². The lowest BCUT2D eigenvalue weighted by atomic mass is 9.70. The third-order valence-corrected chi connectivity index (χ3v) is 5.40. The number of carbonyl (C=O) groups excluding carboxylic acids is 2. The summed E-state index contributed by atoms with van der Waals surface area (Å²) >= 11 is 12.8. The number of Topliss-reactive ketones (excluding diaryl/α,β-unsaturated/α-hetero) is 1. The van der Waals surface area contributed by atoms with Crippen LogP contribution in [0.25, 0.3) is 0 Å². The highest BCUT2D eigenvalue weighted by Gasteiger charge is 2.46. The van der Waals surface area contributed by atoms with Crippen LogP contribution >= 0.6 is 23.2 Å². The zero-order valence-corrected chi connectivity index (χ0v) is 16.9. The summed E-state index contributed by atoms with van der Waals surface area (Å²) in [5.74, 6) is -1.21. The van der Waals surface area contributed by atoms with Gasteiger partial charge in [-0.2, -0.15) is 0 Å². The van der Waals surface area contributed by atoms with Gasteiger partial charge in [-0.15, -0.1) is 0 Å². The van der Waals surface area contributed by atoms with E-state index in [0.29, 0.717) is 39.8 Å². The Kier molecular flexibility index (Phi) is 5.28. The molecule has 1 atom stereocenters. The van der Waals surface area contributed by atoms with Crippen LogP contribution in [-0.2, 0) is 19.1 Å². The number of allylic oxidation sites excluding steroid dienone is 2. The van der Waals surface area contributed by atoms with Gasteiger partial charge in [0.25, 0.3) is 0 Å². The number of ether oxygens (including phenoxy) is 2. The Morgan fingerprint density at radius 3 is 2.52 bits per heavy atom. The number of esters is 1. The Morgan fingerprint density at radius 2 is 1.93 bits per heavy atom. The summed E-state index contributed by atoms with van der Waals surface area (Å²) in [7, 11) is 0. The van der Waals surface area contributed by atoms with Crippen LogP contribution in [0.4, 0.5) is 0 Å². The van der Waals surface area contributed by atoms with Crippen LogP contribution in [0.1, 0.15) is 45.1 Å². The first-order valence-corrected chi connectivity index (χ1v) is 9.46. The molecule has 1 aromatic carbocycles. The van der Waals surface area contributed by atoms with Crippen molar-refractivity contribution < 1.29 is 19.1 Å². The van der Waals surface area contributed by atoms with E-state index in [1.807, 2.05) is 13.8 Å². The largest absolute Gasteiger partial charge is 0.462 e. The van der Waals surface area contributed by atoms with Gasteiger partial charge >= 0.3 is 5.97 Å². The normalized spacial score (nSPS) is 21.7. The molecule has 1 heterocycles. The van der Waals surface area contributed by atoms with E-state index in [0.717, 1.165) is 0 Å². The van der Waals surface area contributed by atoms with Crippen molar-refractivity contribution in [3.63, 3.8) is 0 Å². The first-order chi connectivity index (χ1) is 12.7. The fourth-order valence-electron chi connectivity index (χ4n) is 3.67. The molecule has 1 aromatic rings. The van der Waals surface area contributed by atoms with E-state index in [2.05, 4.69) is 0 Å². The Morgan fingerprint density at radius 1 is 1.30 bits per heavy atom. The van der Waals surface area contributed by atoms with E-state index in [-0.39, 0.29) is 29.3 Å². The van der Waals surface area contributed by atoms with Gasteiger partial charge in [-0.1, -0.05) is 43.1 Å². The molecule has 0 radical (unpaired) electrons. The van der Waals surface area contributed by atoms with Gasteiger partial charge < -0.3 is 15.2 Å². The maximum absolute atomic E-state index is 13.0. The quantitative estimate of drug-likeness (QED) is 0.744. The monoisotopic (exact) mass is 409 g/mol. The molecule has 0 fully saturated rings. The second kappa shape index (κ2) is 7.21. The Bertz CT molecular complexity index is 866. The molecule has 1 aliphatic heterocycles. The van der Waals surface area contributed by atoms with Gasteiger partial charge in [0.1, 0.15) is 11.3 Å². The van der Waals surface area contributed by atoms with Crippen LogP contribution in [0, 0.1) is 5.41 Å². The average Bonchev–Trinajstić information content (AvgIpc) is 2.52. The van der Waals surface area contributed by atoms with Crippen molar-refractivity contribution in [1.29, 1.82) is 0 Å². The summed E-state index contributed by atoms with van der Waals surface area (Å²) in [6.07, 6.45) is 0.841. The van der Waals surface area contributed by atoms with Crippen molar-refractivity contribution in [3.05, 3.63) is 56.6 Å². The number of nitrogens with two attached hydrogens (primary N) is 1. The fraction of sp³-hybridized carbons (Fsp3) is 0.400.